The Labute approximate surface area is 186 Å². The molecule has 9 heteroatoms. The van der Waals surface area contributed by atoms with Crippen LogP contribution in [0.25, 0.3) is 11.5 Å². The highest BCUT2D eigenvalue weighted by atomic mass is 16.2. The Bertz CT molecular complexity index is 1130. The van der Waals surface area contributed by atoms with E-state index in [4.69, 9.17) is 9.59 Å². The summed E-state index contributed by atoms with van der Waals surface area (Å²) in [6, 6.07) is 7.62. The summed E-state index contributed by atoms with van der Waals surface area (Å²) in [5.41, 5.74) is 3.47. The van der Waals surface area contributed by atoms with Crippen LogP contribution in [0.15, 0.2) is 36.8 Å². The zero-order valence-electron chi connectivity index (χ0n) is 18.6. The van der Waals surface area contributed by atoms with Gasteiger partial charge in [-0.2, -0.15) is 9.59 Å². The summed E-state index contributed by atoms with van der Waals surface area (Å²) in [4.78, 5) is 37.9. The van der Waals surface area contributed by atoms with E-state index in [2.05, 4.69) is 53.2 Å². The normalized spacial score (nSPS) is 16.7. The zero-order chi connectivity index (χ0) is 23.3. The van der Waals surface area contributed by atoms with E-state index in [9.17, 15) is 4.79 Å². The number of rotatable bonds is 6. The Hall–Kier alpha value is -3.71. The molecule has 3 aromatic heterocycles. The predicted molar refractivity (Wildman–Crippen MR) is 117 cm³/mol. The van der Waals surface area contributed by atoms with Gasteiger partial charge in [0.25, 0.3) is 5.91 Å². The summed E-state index contributed by atoms with van der Waals surface area (Å²) in [6.45, 7) is 8.39. The fourth-order valence-electron chi connectivity index (χ4n) is 3.76. The molecule has 0 aliphatic heterocycles. The summed E-state index contributed by atoms with van der Waals surface area (Å²) in [7, 11) is 0. The largest absolute Gasteiger partial charge is 0.373 e. The first-order chi connectivity index (χ1) is 15.4. The summed E-state index contributed by atoms with van der Waals surface area (Å²) in [5.74, 6) is 2.16. The van der Waals surface area contributed by atoms with E-state index >= 15 is 0 Å². The molecule has 1 fully saturated rings. The van der Waals surface area contributed by atoms with Crippen LogP contribution in [0, 0.1) is 12.8 Å². The van der Waals surface area contributed by atoms with Crippen molar-refractivity contribution in [2.75, 3.05) is 5.32 Å². The maximum atomic E-state index is 12.8. The van der Waals surface area contributed by atoms with Gasteiger partial charge in [-0.3, -0.25) is 9.78 Å². The number of hydrogen-bond acceptors (Lipinski definition) is 7. The molecule has 2 atom stereocenters. The van der Waals surface area contributed by atoms with Crippen LogP contribution < -0.4 is 5.32 Å². The Balaban J connectivity index is 0.000000913. The average molecular weight is 435 g/mol. The average Bonchev–Trinajstić information content (AvgIpc) is 3.38. The molecule has 3 aromatic rings. The Morgan fingerprint density at radius 2 is 2.06 bits per heavy atom. The van der Waals surface area contributed by atoms with Crippen molar-refractivity contribution in [3.05, 3.63) is 53.6 Å². The highest BCUT2D eigenvalue weighted by Crippen LogP contribution is 2.50. The van der Waals surface area contributed by atoms with Gasteiger partial charge in [0.05, 0.1) is 0 Å². The van der Waals surface area contributed by atoms with Crippen molar-refractivity contribution < 1.29 is 14.4 Å². The van der Waals surface area contributed by atoms with Crippen molar-refractivity contribution in [3.63, 3.8) is 0 Å². The fourth-order valence-corrected chi connectivity index (χ4v) is 3.76. The molecule has 9 nitrogen and oxygen atoms in total. The van der Waals surface area contributed by atoms with Gasteiger partial charge in [-0.25, -0.2) is 4.98 Å². The van der Waals surface area contributed by atoms with Gasteiger partial charge < -0.3 is 9.88 Å². The molecular formula is C23H26N6O3. The third kappa shape index (κ3) is 5.12. The van der Waals surface area contributed by atoms with Crippen molar-refractivity contribution in [1.29, 1.82) is 0 Å². The Morgan fingerprint density at radius 3 is 2.72 bits per heavy atom. The first kappa shape index (κ1) is 23.0. The second kappa shape index (κ2) is 10.1. The van der Waals surface area contributed by atoms with Crippen molar-refractivity contribution in [2.45, 2.75) is 52.5 Å². The molecule has 32 heavy (non-hydrogen) atoms. The van der Waals surface area contributed by atoms with E-state index < -0.39 is 0 Å². The fraction of sp³-hybridized carbons (Fsp3) is 0.391. The zero-order valence-corrected chi connectivity index (χ0v) is 18.6. The molecule has 0 aromatic carbocycles. The Kier molecular flexibility index (Phi) is 7.22. The molecule has 0 saturated heterocycles. The maximum absolute atomic E-state index is 12.8. The first-order valence-corrected chi connectivity index (χ1v) is 10.5. The van der Waals surface area contributed by atoms with Gasteiger partial charge in [-0.15, -0.1) is 10.2 Å². The highest BCUT2D eigenvalue weighted by molar-refractivity contribution is 6.02. The van der Waals surface area contributed by atoms with E-state index in [1.807, 2.05) is 22.8 Å². The van der Waals surface area contributed by atoms with Gasteiger partial charge in [0.1, 0.15) is 23.5 Å². The summed E-state index contributed by atoms with van der Waals surface area (Å²) in [6.07, 6.45) is 6.10. The molecular weight excluding hydrogens is 408 g/mol. The van der Waals surface area contributed by atoms with E-state index in [0.717, 1.165) is 11.5 Å². The summed E-state index contributed by atoms with van der Waals surface area (Å²) in [5, 5.41) is 11.0. The number of amides is 1. The topological polar surface area (TPSA) is 120 Å². The van der Waals surface area contributed by atoms with Gasteiger partial charge in [0, 0.05) is 12.2 Å². The van der Waals surface area contributed by atoms with Gasteiger partial charge in [-0.05, 0) is 68.4 Å². The molecule has 2 unspecified atom stereocenters. The standard InChI is InChI=1S/C22H26N6O.CO2/c1-5-15-9-17(15)16-10-19(23-11-14(16)4)22(29)26-20-8-6-7-18(25-20)21-27-24-12-28(21)13(2)3;2-1-3/h6-8,10-13,15,17H,5,9H2,1-4H3,(H,25,26,29);. The molecule has 1 saturated carbocycles. The quantitative estimate of drug-likeness (QED) is 0.626. The Morgan fingerprint density at radius 1 is 1.31 bits per heavy atom. The lowest BCUT2D eigenvalue weighted by atomic mass is 10.0. The molecule has 1 amide bonds. The van der Waals surface area contributed by atoms with Gasteiger partial charge >= 0.3 is 6.15 Å². The van der Waals surface area contributed by atoms with Crippen molar-refractivity contribution in [3.8, 4) is 11.5 Å². The highest BCUT2D eigenvalue weighted by Gasteiger charge is 2.37. The van der Waals surface area contributed by atoms with Crippen LogP contribution in [0.4, 0.5) is 5.82 Å². The lowest BCUT2D eigenvalue weighted by Crippen LogP contribution is -2.15. The number of anilines is 1. The maximum Gasteiger partial charge on any atom is 0.373 e. The van der Waals surface area contributed by atoms with Gasteiger partial charge in [0.15, 0.2) is 5.82 Å². The van der Waals surface area contributed by atoms with Gasteiger partial charge in [-0.1, -0.05) is 19.4 Å². The second-order valence-corrected chi connectivity index (χ2v) is 8.04. The number of nitrogens with one attached hydrogen (secondary N) is 1. The number of aromatic nitrogens is 5. The summed E-state index contributed by atoms with van der Waals surface area (Å²) < 4.78 is 1.95. The van der Waals surface area contributed by atoms with Crippen LogP contribution >= 0.6 is 0 Å². The van der Waals surface area contributed by atoms with E-state index in [-0.39, 0.29) is 18.1 Å². The van der Waals surface area contributed by atoms with Crippen LogP contribution in [0.5, 0.6) is 0 Å². The smallest absolute Gasteiger partial charge is 0.310 e. The number of hydrogen-bond donors (Lipinski definition) is 1. The van der Waals surface area contributed by atoms with Crippen molar-refractivity contribution >= 4 is 17.9 Å². The van der Waals surface area contributed by atoms with Crippen LogP contribution in [-0.2, 0) is 9.59 Å². The minimum atomic E-state index is -0.255. The second-order valence-electron chi connectivity index (χ2n) is 8.04. The molecule has 0 radical (unpaired) electrons. The van der Waals surface area contributed by atoms with E-state index in [1.165, 1.54) is 18.4 Å². The van der Waals surface area contributed by atoms with Crippen LogP contribution in [-0.4, -0.2) is 36.8 Å². The van der Waals surface area contributed by atoms with Crippen LogP contribution in [0.2, 0.25) is 0 Å². The summed E-state index contributed by atoms with van der Waals surface area (Å²) >= 11 is 0. The molecule has 1 aliphatic carbocycles. The van der Waals surface area contributed by atoms with Gasteiger partial charge in [0.2, 0.25) is 0 Å². The minimum absolute atomic E-state index is 0.213. The molecule has 0 bridgehead atoms. The number of aryl methyl sites for hydroxylation is 1. The van der Waals surface area contributed by atoms with E-state index in [1.54, 1.807) is 18.6 Å². The number of carbonyl (C=O) groups excluding carboxylic acids is 3. The lowest BCUT2D eigenvalue weighted by Gasteiger charge is -2.11. The van der Waals surface area contributed by atoms with Crippen LogP contribution in [0.1, 0.15) is 67.2 Å². The predicted octanol–water partition coefficient (Wildman–Crippen LogP) is 3.81. The minimum Gasteiger partial charge on any atom is -0.310 e. The molecule has 1 aliphatic rings. The third-order valence-electron chi connectivity index (χ3n) is 5.57. The SMILES string of the molecule is CCC1CC1c1cc(C(=O)Nc2cccc(-c3nncn3C(C)C)n2)ncc1C.O=C=O. The number of carbonyl (C=O) groups is 1. The van der Waals surface area contributed by atoms with Crippen LogP contribution in [0.3, 0.4) is 0 Å². The molecule has 1 N–H and O–H groups in total. The monoisotopic (exact) mass is 434 g/mol. The number of pyridine rings is 2. The van der Waals surface area contributed by atoms with Crippen molar-refractivity contribution in [1.82, 2.24) is 24.7 Å². The van der Waals surface area contributed by atoms with Crippen molar-refractivity contribution in [2.24, 2.45) is 5.92 Å². The van der Waals surface area contributed by atoms with E-state index in [0.29, 0.717) is 28.9 Å². The molecule has 4 rings (SSSR count). The molecule has 166 valence electrons. The molecule has 0 spiro atoms. The third-order valence-corrected chi connectivity index (χ3v) is 5.57. The number of nitrogens with zero attached hydrogens (tertiary/aromatic N) is 5. The lowest BCUT2D eigenvalue weighted by molar-refractivity contribution is -0.191. The molecule has 3 heterocycles. The first-order valence-electron chi connectivity index (χ1n) is 10.5.